The van der Waals surface area contributed by atoms with Gasteiger partial charge in [0.1, 0.15) is 11.9 Å². The lowest BCUT2D eigenvalue weighted by atomic mass is 9.95. The van der Waals surface area contributed by atoms with Crippen LogP contribution in [0.5, 0.6) is 5.75 Å². The number of ether oxygens (including phenoxy) is 1. The average Bonchev–Trinajstić information content (AvgIpc) is 2.49. The molecule has 0 radical (unpaired) electrons. The van der Waals surface area contributed by atoms with Gasteiger partial charge in [0.15, 0.2) is 0 Å². The molecule has 1 heterocycles. The number of nitrogens with zero attached hydrogens (tertiary/aromatic N) is 1. The van der Waals surface area contributed by atoms with E-state index in [9.17, 15) is 5.11 Å². The maximum Gasteiger partial charge on any atom is 0.127 e. The number of rotatable bonds is 3. The molecule has 1 aromatic carbocycles. The van der Waals surface area contributed by atoms with E-state index >= 15 is 0 Å². The number of benzene rings is 1. The number of hydrogen-bond acceptors (Lipinski definition) is 3. The van der Waals surface area contributed by atoms with Crippen molar-refractivity contribution in [3.8, 4) is 16.9 Å². The molecule has 104 valence electrons. The van der Waals surface area contributed by atoms with Crippen molar-refractivity contribution in [1.82, 2.24) is 4.98 Å². The zero-order valence-corrected chi connectivity index (χ0v) is 11.4. The van der Waals surface area contributed by atoms with Crippen LogP contribution >= 0.6 is 0 Å². The highest BCUT2D eigenvalue weighted by molar-refractivity contribution is 5.69. The fraction of sp³-hybridized carbons (Fsp3) is 0.353. The summed E-state index contributed by atoms with van der Waals surface area (Å²) in [6, 6.07) is 12.0. The van der Waals surface area contributed by atoms with E-state index in [1.807, 2.05) is 30.3 Å². The predicted octanol–water partition coefficient (Wildman–Crippen LogP) is 3.43. The van der Waals surface area contributed by atoms with Gasteiger partial charge in [-0.25, -0.2) is 0 Å². The average molecular weight is 269 g/mol. The molecule has 0 bridgehead atoms. The highest BCUT2D eigenvalue weighted by atomic mass is 16.5. The molecule has 1 aliphatic carbocycles. The van der Waals surface area contributed by atoms with Crippen molar-refractivity contribution >= 4 is 0 Å². The molecule has 1 saturated carbocycles. The Labute approximate surface area is 119 Å². The summed E-state index contributed by atoms with van der Waals surface area (Å²) in [7, 11) is 0. The van der Waals surface area contributed by atoms with E-state index in [1.165, 1.54) is 0 Å². The van der Waals surface area contributed by atoms with E-state index < -0.39 is 0 Å². The Morgan fingerprint density at radius 2 is 1.85 bits per heavy atom. The van der Waals surface area contributed by atoms with Gasteiger partial charge in [-0.1, -0.05) is 18.2 Å². The maximum absolute atomic E-state index is 9.76. The Hall–Kier alpha value is -1.87. The van der Waals surface area contributed by atoms with Crippen molar-refractivity contribution in [1.29, 1.82) is 0 Å². The second-order valence-electron chi connectivity index (χ2n) is 5.29. The third-order valence-electron chi connectivity index (χ3n) is 3.77. The second-order valence-corrected chi connectivity index (χ2v) is 5.29. The van der Waals surface area contributed by atoms with E-state index in [1.54, 1.807) is 12.4 Å². The summed E-state index contributed by atoms with van der Waals surface area (Å²) in [5.41, 5.74) is 2.18. The van der Waals surface area contributed by atoms with E-state index in [4.69, 9.17) is 4.74 Å². The van der Waals surface area contributed by atoms with Gasteiger partial charge in [-0.3, -0.25) is 4.98 Å². The van der Waals surface area contributed by atoms with Gasteiger partial charge in [-0.15, -0.1) is 0 Å². The van der Waals surface area contributed by atoms with Gasteiger partial charge in [-0.05, 0) is 43.0 Å². The molecule has 3 heteroatoms. The number of para-hydroxylation sites is 1. The van der Waals surface area contributed by atoms with Crippen LogP contribution < -0.4 is 4.74 Å². The summed E-state index contributed by atoms with van der Waals surface area (Å²) in [6.07, 6.45) is 7.14. The molecule has 2 unspecified atom stereocenters. The first-order valence-electron chi connectivity index (χ1n) is 7.17. The molecule has 1 aliphatic rings. The van der Waals surface area contributed by atoms with Crippen LogP contribution in [0.15, 0.2) is 48.8 Å². The summed E-state index contributed by atoms with van der Waals surface area (Å²) >= 11 is 0. The quantitative estimate of drug-likeness (QED) is 0.928. The highest BCUT2D eigenvalue weighted by Gasteiger charge is 2.22. The molecular formula is C17H19NO2. The van der Waals surface area contributed by atoms with Gasteiger partial charge in [0.25, 0.3) is 0 Å². The normalized spacial score (nSPS) is 22.4. The van der Waals surface area contributed by atoms with Crippen LogP contribution in [-0.4, -0.2) is 22.3 Å². The fourth-order valence-electron chi connectivity index (χ4n) is 2.75. The van der Waals surface area contributed by atoms with Crippen LogP contribution in [0.25, 0.3) is 11.1 Å². The zero-order valence-electron chi connectivity index (χ0n) is 11.4. The fourth-order valence-corrected chi connectivity index (χ4v) is 2.75. The number of aliphatic hydroxyl groups is 1. The summed E-state index contributed by atoms with van der Waals surface area (Å²) in [6.45, 7) is 0. The molecule has 1 N–H and O–H groups in total. The van der Waals surface area contributed by atoms with Gasteiger partial charge in [0.2, 0.25) is 0 Å². The summed E-state index contributed by atoms with van der Waals surface area (Å²) in [5, 5.41) is 9.76. The van der Waals surface area contributed by atoms with Crippen molar-refractivity contribution in [3.63, 3.8) is 0 Å². The molecule has 1 fully saturated rings. The first kappa shape index (κ1) is 13.1. The molecule has 3 rings (SSSR count). The molecule has 0 amide bonds. The Bertz CT molecular complexity index is 556. The van der Waals surface area contributed by atoms with Crippen LogP contribution in [0.4, 0.5) is 0 Å². The van der Waals surface area contributed by atoms with E-state index in [0.29, 0.717) is 0 Å². The topological polar surface area (TPSA) is 42.4 Å². The number of hydrogen-bond donors (Lipinski definition) is 1. The van der Waals surface area contributed by atoms with Crippen LogP contribution in [-0.2, 0) is 0 Å². The first-order chi connectivity index (χ1) is 9.83. The Kier molecular flexibility index (Phi) is 3.97. The summed E-state index contributed by atoms with van der Waals surface area (Å²) in [4.78, 5) is 4.05. The van der Waals surface area contributed by atoms with Crippen molar-refractivity contribution in [2.75, 3.05) is 0 Å². The molecule has 0 aliphatic heterocycles. The van der Waals surface area contributed by atoms with Gasteiger partial charge >= 0.3 is 0 Å². The Balaban J connectivity index is 1.83. The molecule has 1 aromatic heterocycles. The van der Waals surface area contributed by atoms with Gasteiger partial charge in [-0.2, -0.15) is 0 Å². The van der Waals surface area contributed by atoms with Crippen molar-refractivity contribution in [2.24, 2.45) is 0 Å². The van der Waals surface area contributed by atoms with Gasteiger partial charge in [0.05, 0.1) is 6.10 Å². The van der Waals surface area contributed by atoms with Crippen molar-refractivity contribution < 1.29 is 9.84 Å². The lowest BCUT2D eigenvalue weighted by molar-refractivity contribution is 0.0539. The second kappa shape index (κ2) is 6.06. The summed E-state index contributed by atoms with van der Waals surface area (Å²) < 4.78 is 6.13. The first-order valence-corrected chi connectivity index (χ1v) is 7.17. The summed E-state index contributed by atoms with van der Waals surface area (Å²) in [5.74, 6) is 0.887. The molecule has 0 saturated heterocycles. The molecular weight excluding hydrogens is 250 g/mol. The molecule has 20 heavy (non-hydrogen) atoms. The maximum atomic E-state index is 9.76. The lowest BCUT2D eigenvalue weighted by Gasteiger charge is -2.27. The van der Waals surface area contributed by atoms with Gasteiger partial charge in [0, 0.05) is 24.4 Å². The van der Waals surface area contributed by atoms with Gasteiger partial charge < -0.3 is 9.84 Å². The third kappa shape index (κ3) is 2.99. The Morgan fingerprint density at radius 3 is 2.65 bits per heavy atom. The zero-order chi connectivity index (χ0) is 13.8. The predicted molar refractivity (Wildman–Crippen MR) is 78.6 cm³/mol. The van der Waals surface area contributed by atoms with Crippen LogP contribution in [0.3, 0.4) is 0 Å². The van der Waals surface area contributed by atoms with E-state index in [0.717, 1.165) is 42.6 Å². The van der Waals surface area contributed by atoms with Crippen LogP contribution in [0.1, 0.15) is 25.7 Å². The minimum absolute atomic E-state index is 0.113. The molecule has 2 aromatic rings. The molecule has 2 atom stereocenters. The van der Waals surface area contributed by atoms with E-state index in [2.05, 4.69) is 11.1 Å². The standard InChI is InChI=1S/C17H19NO2/c19-14-4-3-5-15(12-14)20-17-7-2-1-6-16(17)13-8-10-18-11-9-13/h1-2,6-11,14-15,19H,3-5,12H2. The lowest BCUT2D eigenvalue weighted by Crippen LogP contribution is -2.28. The molecule has 3 nitrogen and oxygen atoms in total. The van der Waals surface area contributed by atoms with E-state index in [-0.39, 0.29) is 12.2 Å². The number of pyridine rings is 1. The molecule has 0 spiro atoms. The third-order valence-corrected chi connectivity index (χ3v) is 3.77. The Morgan fingerprint density at radius 1 is 1.05 bits per heavy atom. The largest absolute Gasteiger partial charge is 0.490 e. The minimum Gasteiger partial charge on any atom is -0.490 e. The monoisotopic (exact) mass is 269 g/mol. The van der Waals surface area contributed by atoms with Crippen LogP contribution in [0, 0.1) is 0 Å². The minimum atomic E-state index is -0.221. The number of aromatic nitrogens is 1. The highest BCUT2D eigenvalue weighted by Crippen LogP contribution is 2.32. The number of aliphatic hydroxyl groups excluding tert-OH is 1. The van der Waals surface area contributed by atoms with Crippen molar-refractivity contribution in [3.05, 3.63) is 48.8 Å². The van der Waals surface area contributed by atoms with Crippen LogP contribution in [0.2, 0.25) is 0 Å². The smallest absolute Gasteiger partial charge is 0.127 e. The van der Waals surface area contributed by atoms with Crippen molar-refractivity contribution in [2.45, 2.75) is 37.9 Å². The SMILES string of the molecule is OC1CCCC(Oc2ccccc2-c2ccncc2)C1.